The Morgan fingerprint density at radius 3 is 2.72 bits per heavy atom. The van der Waals surface area contributed by atoms with E-state index in [2.05, 4.69) is 0 Å². The van der Waals surface area contributed by atoms with Crippen LogP contribution in [0.5, 0.6) is 0 Å². The summed E-state index contributed by atoms with van der Waals surface area (Å²) in [7, 11) is 0. The van der Waals surface area contributed by atoms with Crippen molar-refractivity contribution in [2.24, 2.45) is 0 Å². The topological polar surface area (TPSA) is 46.6 Å². The number of aryl methyl sites for hydroxylation is 1. The standard InChI is InChI=1S/C13H14FNO3/c1-3-18-5-4-15-11-9(12(16)13(15)17)6-8(2)7-10(11)14/h6-7H,3-5H2,1-2H3. The van der Waals surface area contributed by atoms with E-state index >= 15 is 0 Å². The minimum atomic E-state index is -0.686. The molecule has 0 bridgehead atoms. The summed E-state index contributed by atoms with van der Waals surface area (Å²) >= 11 is 0. The average Bonchev–Trinajstić information content (AvgIpc) is 2.55. The van der Waals surface area contributed by atoms with E-state index in [1.165, 1.54) is 6.07 Å². The number of carbonyl (C=O) groups excluding carboxylic acids is 2. The van der Waals surface area contributed by atoms with Crippen LogP contribution in [0, 0.1) is 12.7 Å². The number of halogens is 1. The van der Waals surface area contributed by atoms with Gasteiger partial charge in [-0.15, -0.1) is 0 Å². The maximum absolute atomic E-state index is 13.9. The van der Waals surface area contributed by atoms with Gasteiger partial charge in [0.15, 0.2) is 0 Å². The Kier molecular flexibility index (Phi) is 3.43. The molecular weight excluding hydrogens is 237 g/mol. The molecule has 0 unspecified atom stereocenters. The molecule has 4 nitrogen and oxygen atoms in total. The number of benzene rings is 1. The Balaban J connectivity index is 2.36. The van der Waals surface area contributed by atoms with Crippen LogP contribution in [0.2, 0.25) is 0 Å². The molecule has 1 amide bonds. The van der Waals surface area contributed by atoms with Crippen LogP contribution < -0.4 is 4.90 Å². The van der Waals surface area contributed by atoms with E-state index < -0.39 is 17.5 Å². The minimum Gasteiger partial charge on any atom is -0.380 e. The number of amides is 1. The van der Waals surface area contributed by atoms with Crippen molar-refractivity contribution in [1.82, 2.24) is 0 Å². The van der Waals surface area contributed by atoms with Crippen molar-refractivity contribution < 1.29 is 18.7 Å². The van der Waals surface area contributed by atoms with Gasteiger partial charge in [-0.25, -0.2) is 4.39 Å². The first-order valence-electron chi connectivity index (χ1n) is 5.80. The van der Waals surface area contributed by atoms with Crippen molar-refractivity contribution >= 4 is 17.4 Å². The second-order valence-corrected chi connectivity index (χ2v) is 4.13. The lowest BCUT2D eigenvalue weighted by molar-refractivity contribution is -0.114. The molecule has 96 valence electrons. The maximum atomic E-state index is 13.9. The quantitative estimate of drug-likeness (QED) is 0.604. The predicted octanol–water partition coefficient (Wildman–Crippen LogP) is 1.70. The van der Waals surface area contributed by atoms with Gasteiger partial charge < -0.3 is 4.74 Å². The third-order valence-corrected chi connectivity index (χ3v) is 2.83. The molecule has 0 aliphatic carbocycles. The Morgan fingerprint density at radius 1 is 1.33 bits per heavy atom. The molecule has 1 aliphatic heterocycles. The SMILES string of the molecule is CCOCCN1C(=O)C(=O)c2cc(C)cc(F)c21. The first-order valence-corrected chi connectivity index (χ1v) is 5.80. The molecule has 1 aromatic carbocycles. The highest BCUT2D eigenvalue weighted by Gasteiger charge is 2.37. The normalized spacial score (nSPS) is 14.3. The number of carbonyl (C=O) groups is 2. The molecule has 0 spiro atoms. The molecule has 0 saturated carbocycles. The summed E-state index contributed by atoms with van der Waals surface area (Å²) in [6.07, 6.45) is 0. The Hall–Kier alpha value is -1.75. The first-order chi connectivity index (χ1) is 8.56. The smallest absolute Gasteiger partial charge is 0.299 e. The Labute approximate surface area is 104 Å². The summed E-state index contributed by atoms with van der Waals surface area (Å²) < 4.78 is 19.0. The molecule has 0 aromatic heterocycles. The van der Waals surface area contributed by atoms with Crippen molar-refractivity contribution in [2.45, 2.75) is 13.8 Å². The van der Waals surface area contributed by atoms with Crippen molar-refractivity contribution in [3.05, 3.63) is 29.1 Å². The van der Waals surface area contributed by atoms with Crippen LogP contribution in [0.4, 0.5) is 10.1 Å². The molecule has 1 heterocycles. The Bertz CT molecular complexity index is 513. The Morgan fingerprint density at radius 2 is 2.06 bits per heavy atom. The van der Waals surface area contributed by atoms with Crippen molar-refractivity contribution in [2.75, 3.05) is 24.7 Å². The second kappa shape index (κ2) is 4.86. The number of fused-ring (bicyclic) bond motifs is 1. The first kappa shape index (κ1) is 12.7. The highest BCUT2D eigenvalue weighted by molar-refractivity contribution is 6.52. The van der Waals surface area contributed by atoms with Gasteiger partial charge in [-0.1, -0.05) is 0 Å². The zero-order chi connectivity index (χ0) is 13.3. The summed E-state index contributed by atoms with van der Waals surface area (Å²) in [4.78, 5) is 24.7. The summed E-state index contributed by atoms with van der Waals surface area (Å²) in [5, 5.41) is 0. The third-order valence-electron chi connectivity index (χ3n) is 2.83. The fourth-order valence-electron chi connectivity index (χ4n) is 2.03. The molecule has 0 radical (unpaired) electrons. The zero-order valence-electron chi connectivity index (χ0n) is 10.3. The molecule has 2 rings (SSSR count). The molecule has 0 fully saturated rings. The van der Waals surface area contributed by atoms with Gasteiger partial charge in [0.05, 0.1) is 17.9 Å². The molecule has 1 aromatic rings. The average molecular weight is 251 g/mol. The predicted molar refractivity (Wildman–Crippen MR) is 64.3 cm³/mol. The van der Waals surface area contributed by atoms with Crippen LogP contribution in [-0.2, 0) is 9.53 Å². The van der Waals surface area contributed by atoms with Crippen LogP contribution in [-0.4, -0.2) is 31.4 Å². The molecular formula is C13H14FNO3. The van der Waals surface area contributed by atoms with Crippen molar-refractivity contribution in [3.63, 3.8) is 0 Å². The number of ketones is 1. The summed E-state index contributed by atoms with van der Waals surface area (Å²) in [6, 6.07) is 2.86. The van der Waals surface area contributed by atoms with Crippen molar-refractivity contribution in [1.29, 1.82) is 0 Å². The summed E-state index contributed by atoms with van der Waals surface area (Å²) in [6.45, 7) is 4.49. The van der Waals surface area contributed by atoms with Gasteiger partial charge >= 0.3 is 0 Å². The number of ether oxygens (including phenoxy) is 1. The van der Waals surface area contributed by atoms with Crippen LogP contribution in [0.1, 0.15) is 22.8 Å². The van der Waals surface area contributed by atoms with Gasteiger partial charge in [-0.3, -0.25) is 14.5 Å². The van der Waals surface area contributed by atoms with Gasteiger partial charge in [-0.2, -0.15) is 0 Å². The lowest BCUT2D eigenvalue weighted by atomic mass is 10.1. The minimum absolute atomic E-state index is 0.0790. The molecule has 5 heteroatoms. The molecule has 0 N–H and O–H groups in total. The second-order valence-electron chi connectivity index (χ2n) is 4.13. The number of nitrogens with zero attached hydrogens (tertiary/aromatic N) is 1. The van der Waals surface area contributed by atoms with E-state index in [4.69, 9.17) is 4.74 Å². The highest BCUT2D eigenvalue weighted by atomic mass is 19.1. The number of hydrogen-bond acceptors (Lipinski definition) is 3. The third kappa shape index (κ3) is 2.01. The van der Waals surface area contributed by atoms with Crippen LogP contribution >= 0.6 is 0 Å². The van der Waals surface area contributed by atoms with Crippen LogP contribution in [0.15, 0.2) is 12.1 Å². The number of anilines is 1. The van der Waals surface area contributed by atoms with Gasteiger partial charge in [0.2, 0.25) is 0 Å². The van der Waals surface area contributed by atoms with E-state index in [-0.39, 0.29) is 24.4 Å². The van der Waals surface area contributed by atoms with Gasteiger partial charge in [0.1, 0.15) is 5.82 Å². The molecule has 1 aliphatic rings. The molecule has 0 saturated heterocycles. The molecule has 0 atom stereocenters. The largest absolute Gasteiger partial charge is 0.380 e. The highest BCUT2D eigenvalue weighted by Crippen LogP contribution is 2.32. The number of hydrogen-bond donors (Lipinski definition) is 0. The van der Waals surface area contributed by atoms with E-state index in [1.54, 1.807) is 13.0 Å². The zero-order valence-corrected chi connectivity index (χ0v) is 10.3. The van der Waals surface area contributed by atoms with Gasteiger partial charge in [0, 0.05) is 13.2 Å². The van der Waals surface area contributed by atoms with Crippen molar-refractivity contribution in [3.8, 4) is 0 Å². The summed E-state index contributed by atoms with van der Waals surface area (Å²) in [5.74, 6) is -1.88. The lowest BCUT2D eigenvalue weighted by Gasteiger charge is -2.16. The fraction of sp³-hybridized carbons (Fsp3) is 0.385. The van der Waals surface area contributed by atoms with Crippen LogP contribution in [0.25, 0.3) is 0 Å². The monoisotopic (exact) mass is 251 g/mol. The maximum Gasteiger partial charge on any atom is 0.299 e. The molecule has 18 heavy (non-hydrogen) atoms. The van der Waals surface area contributed by atoms with E-state index in [0.29, 0.717) is 12.2 Å². The van der Waals surface area contributed by atoms with Crippen LogP contribution in [0.3, 0.4) is 0 Å². The number of rotatable bonds is 4. The van der Waals surface area contributed by atoms with Gasteiger partial charge in [0.25, 0.3) is 11.7 Å². The van der Waals surface area contributed by atoms with E-state index in [9.17, 15) is 14.0 Å². The van der Waals surface area contributed by atoms with E-state index in [1.807, 2.05) is 6.92 Å². The summed E-state index contributed by atoms with van der Waals surface area (Å²) in [5.41, 5.74) is 0.850. The van der Waals surface area contributed by atoms with Gasteiger partial charge in [-0.05, 0) is 31.5 Å². The lowest BCUT2D eigenvalue weighted by Crippen LogP contribution is -2.33. The number of Topliss-reactive ketones (excluding diaryl/α,β-unsaturated/α-hetero) is 1. The van der Waals surface area contributed by atoms with E-state index in [0.717, 1.165) is 4.90 Å². The fourth-order valence-corrected chi connectivity index (χ4v) is 2.03.